The molecule has 1 aliphatic heterocycles. The number of rotatable bonds is 4. The molecule has 1 heterocycles. The maximum absolute atomic E-state index is 12.2. The van der Waals surface area contributed by atoms with E-state index >= 15 is 0 Å². The van der Waals surface area contributed by atoms with Crippen molar-refractivity contribution in [2.24, 2.45) is 5.92 Å². The lowest BCUT2D eigenvalue weighted by Crippen LogP contribution is -2.40. The highest BCUT2D eigenvalue weighted by Crippen LogP contribution is 2.20. The summed E-state index contributed by atoms with van der Waals surface area (Å²) in [7, 11) is 0. The monoisotopic (exact) mass is 290 g/mol. The summed E-state index contributed by atoms with van der Waals surface area (Å²) in [6.45, 7) is 3.00. The Labute approximate surface area is 125 Å². The van der Waals surface area contributed by atoms with Crippen molar-refractivity contribution in [3.05, 3.63) is 29.8 Å². The molecular weight excluding hydrogens is 268 g/mol. The third-order valence-corrected chi connectivity index (χ3v) is 3.93. The largest absolute Gasteiger partial charge is 0.396 e. The number of nitrogens with zero attached hydrogens (tertiary/aromatic N) is 1. The summed E-state index contributed by atoms with van der Waals surface area (Å²) in [5.41, 5.74) is 1.82. The lowest BCUT2D eigenvalue weighted by molar-refractivity contribution is -0.132. The zero-order chi connectivity index (χ0) is 15.2. The molecule has 0 aromatic heterocycles. The molecule has 1 saturated heterocycles. The Morgan fingerprint density at radius 1 is 1.24 bits per heavy atom. The molecule has 5 heteroatoms. The minimum absolute atomic E-state index is 0.0214. The first-order chi connectivity index (χ1) is 10.1. The molecule has 0 spiro atoms. The van der Waals surface area contributed by atoms with Gasteiger partial charge in [-0.25, -0.2) is 0 Å². The van der Waals surface area contributed by atoms with Gasteiger partial charge >= 0.3 is 0 Å². The molecule has 1 aromatic rings. The fraction of sp³-hybridized carbons (Fsp3) is 0.500. The first-order valence-electron chi connectivity index (χ1n) is 7.36. The van der Waals surface area contributed by atoms with Crippen LogP contribution in [0.25, 0.3) is 0 Å². The highest BCUT2D eigenvalue weighted by Gasteiger charge is 2.25. The van der Waals surface area contributed by atoms with Crippen molar-refractivity contribution >= 4 is 17.5 Å². The van der Waals surface area contributed by atoms with E-state index in [1.165, 1.54) is 0 Å². The number of piperidine rings is 1. The third kappa shape index (κ3) is 4.29. The van der Waals surface area contributed by atoms with Gasteiger partial charge in [-0.05, 0) is 37.0 Å². The molecule has 1 aromatic carbocycles. The van der Waals surface area contributed by atoms with Crippen molar-refractivity contribution in [2.75, 3.05) is 25.0 Å². The minimum Gasteiger partial charge on any atom is -0.396 e. The number of carbonyl (C=O) groups is 2. The number of likely N-dealkylation sites (tertiary alicyclic amines) is 1. The highest BCUT2D eigenvalue weighted by molar-refractivity contribution is 5.92. The van der Waals surface area contributed by atoms with E-state index in [9.17, 15) is 9.59 Å². The molecule has 0 radical (unpaired) electrons. The summed E-state index contributed by atoms with van der Waals surface area (Å²) in [6.07, 6.45) is 2.06. The van der Waals surface area contributed by atoms with Crippen molar-refractivity contribution in [3.8, 4) is 0 Å². The Bertz CT molecular complexity index is 491. The molecule has 0 bridgehead atoms. The van der Waals surface area contributed by atoms with Gasteiger partial charge in [0.25, 0.3) is 0 Å². The molecule has 1 aliphatic rings. The first-order valence-corrected chi connectivity index (χ1v) is 7.36. The van der Waals surface area contributed by atoms with Crippen molar-refractivity contribution < 1.29 is 14.7 Å². The summed E-state index contributed by atoms with van der Waals surface area (Å²) in [6, 6.07) is 7.52. The van der Waals surface area contributed by atoms with Crippen molar-refractivity contribution in [2.45, 2.75) is 26.2 Å². The number of aliphatic hydroxyl groups is 1. The van der Waals surface area contributed by atoms with Gasteiger partial charge in [-0.1, -0.05) is 12.1 Å². The van der Waals surface area contributed by atoms with Gasteiger partial charge in [0.15, 0.2) is 0 Å². The Balaban J connectivity index is 1.85. The summed E-state index contributed by atoms with van der Waals surface area (Å²) in [4.78, 5) is 25.2. The van der Waals surface area contributed by atoms with Crippen molar-refractivity contribution in [1.29, 1.82) is 0 Å². The summed E-state index contributed by atoms with van der Waals surface area (Å²) in [5.74, 6) is 0.0687. The van der Waals surface area contributed by atoms with Crippen LogP contribution in [0.1, 0.15) is 25.3 Å². The van der Waals surface area contributed by atoms with E-state index in [0.717, 1.165) is 11.3 Å². The van der Waals surface area contributed by atoms with E-state index in [1.807, 2.05) is 24.3 Å². The van der Waals surface area contributed by atoms with Crippen LogP contribution < -0.4 is 5.32 Å². The van der Waals surface area contributed by atoms with E-state index in [-0.39, 0.29) is 24.3 Å². The Morgan fingerprint density at radius 3 is 2.38 bits per heavy atom. The molecule has 2 N–H and O–H groups in total. The maximum Gasteiger partial charge on any atom is 0.227 e. The average molecular weight is 290 g/mol. The number of benzene rings is 1. The second-order valence-electron chi connectivity index (χ2n) is 5.44. The van der Waals surface area contributed by atoms with Gasteiger partial charge in [-0.3, -0.25) is 9.59 Å². The lowest BCUT2D eigenvalue weighted by atomic mass is 9.95. The van der Waals surface area contributed by atoms with Gasteiger partial charge < -0.3 is 15.3 Å². The molecule has 0 saturated carbocycles. The van der Waals surface area contributed by atoms with Gasteiger partial charge in [0.1, 0.15) is 0 Å². The lowest BCUT2D eigenvalue weighted by Gasteiger charge is -2.30. The molecule has 0 aliphatic carbocycles. The summed E-state index contributed by atoms with van der Waals surface area (Å²) < 4.78 is 0. The van der Waals surface area contributed by atoms with E-state index in [2.05, 4.69) is 5.32 Å². The second-order valence-corrected chi connectivity index (χ2v) is 5.44. The minimum atomic E-state index is -0.0299. The number of nitrogens with one attached hydrogen (secondary N) is 1. The van der Waals surface area contributed by atoms with Crippen LogP contribution in [-0.2, 0) is 16.0 Å². The van der Waals surface area contributed by atoms with E-state index in [4.69, 9.17) is 5.11 Å². The van der Waals surface area contributed by atoms with E-state index in [0.29, 0.717) is 32.4 Å². The highest BCUT2D eigenvalue weighted by atomic mass is 16.3. The van der Waals surface area contributed by atoms with Crippen LogP contribution in [-0.4, -0.2) is 41.5 Å². The molecule has 2 amide bonds. The third-order valence-electron chi connectivity index (χ3n) is 3.93. The van der Waals surface area contributed by atoms with Crippen LogP contribution in [0.2, 0.25) is 0 Å². The number of carbonyl (C=O) groups excluding carboxylic acids is 2. The van der Waals surface area contributed by atoms with E-state index < -0.39 is 0 Å². The maximum atomic E-state index is 12.2. The quantitative estimate of drug-likeness (QED) is 0.881. The number of hydrogen-bond donors (Lipinski definition) is 2. The number of hydrogen-bond acceptors (Lipinski definition) is 3. The van der Waals surface area contributed by atoms with Gasteiger partial charge in [-0.2, -0.15) is 0 Å². The Kier molecular flexibility index (Phi) is 5.33. The van der Waals surface area contributed by atoms with Crippen LogP contribution in [0.3, 0.4) is 0 Å². The molecule has 5 nitrogen and oxygen atoms in total. The van der Waals surface area contributed by atoms with Crippen LogP contribution in [0, 0.1) is 5.92 Å². The molecular formula is C16H22N2O3. The first kappa shape index (κ1) is 15.5. The van der Waals surface area contributed by atoms with Gasteiger partial charge in [0.05, 0.1) is 0 Å². The Hall–Kier alpha value is -1.88. The van der Waals surface area contributed by atoms with Crippen LogP contribution in [0.5, 0.6) is 0 Å². The number of amides is 2. The van der Waals surface area contributed by atoms with Crippen LogP contribution in [0.4, 0.5) is 5.69 Å². The summed E-state index contributed by atoms with van der Waals surface area (Å²) >= 11 is 0. The predicted octanol–water partition coefficient (Wildman–Crippen LogP) is 1.42. The molecule has 2 rings (SSSR count). The molecule has 1 fully saturated rings. The molecule has 0 unspecified atom stereocenters. The van der Waals surface area contributed by atoms with Gasteiger partial charge in [-0.15, -0.1) is 0 Å². The summed E-state index contributed by atoms with van der Waals surface area (Å²) in [5, 5.41) is 11.8. The molecule has 0 atom stereocenters. The van der Waals surface area contributed by atoms with Gasteiger partial charge in [0, 0.05) is 38.2 Å². The van der Waals surface area contributed by atoms with Crippen LogP contribution >= 0.6 is 0 Å². The standard InChI is InChI=1S/C16H22N2O3/c1-12(20)18-9-6-14(7-10-18)16(21)17-15-4-2-13(3-5-15)8-11-19/h2-5,14,19H,6-11H2,1H3,(H,17,21). The second kappa shape index (κ2) is 7.22. The topological polar surface area (TPSA) is 69.6 Å². The van der Waals surface area contributed by atoms with Crippen LogP contribution in [0.15, 0.2) is 24.3 Å². The Morgan fingerprint density at radius 2 is 1.86 bits per heavy atom. The average Bonchev–Trinajstić information content (AvgIpc) is 2.49. The fourth-order valence-corrected chi connectivity index (χ4v) is 2.58. The zero-order valence-electron chi connectivity index (χ0n) is 12.3. The normalized spacial score (nSPS) is 15.8. The predicted molar refractivity (Wildman–Crippen MR) is 80.8 cm³/mol. The van der Waals surface area contributed by atoms with Crippen molar-refractivity contribution in [3.63, 3.8) is 0 Å². The zero-order valence-corrected chi connectivity index (χ0v) is 12.3. The number of anilines is 1. The fourth-order valence-electron chi connectivity index (χ4n) is 2.58. The van der Waals surface area contributed by atoms with E-state index in [1.54, 1.807) is 11.8 Å². The number of aliphatic hydroxyl groups excluding tert-OH is 1. The smallest absolute Gasteiger partial charge is 0.227 e. The molecule has 114 valence electrons. The van der Waals surface area contributed by atoms with Crippen molar-refractivity contribution in [1.82, 2.24) is 4.90 Å². The molecule has 21 heavy (non-hydrogen) atoms. The van der Waals surface area contributed by atoms with Gasteiger partial charge in [0.2, 0.25) is 11.8 Å². The SMILES string of the molecule is CC(=O)N1CCC(C(=O)Nc2ccc(CCO)cc2)CC1.